The smallest absolute Gasteiger partial charge is 0.164 e. The summed E-state index contributed by atoms with van der Waals surface area (Å²) in [7, 11) is 3.29. The molecule has 0 aromatic heterocycles. The summed E-state index contributed by atoms with van der Waals surface area (Å²) < 4.78 is 16.4. The van der Waals surface area contributed by atoms with Crippen LogP contribution in [0.2, 0.25) is 0 Å². The zero-order chi connectivity index (χ0) is 13.5. The van der Waals surface area contributed by atoms with Crippen LogP contribution in [0.1, 0.15) is 27.2 Å². The maximum atomic E-state index is 5.65. The number of anilines is 1. The van der Waals surface area contributed by atoms with Crippen LogP contribution in [0.25, 0.3) is 0 Å². The summed E-state index contributed by atoms with van der Waals surface area (Å²) in [5.74, 6) is 2.19. The number of benzene rings is 1. The molecule has 0 amide bonds. The first-order valence-electron chi connectivity index (χ1n) is 6.27. The van der Waals surface area contributed by atoms with Crippen molar-refractivity contribution in [2.24, 2.45) is 0 Å². The van der Waals surface area contributed by atoms with Crippen molar-refractivity contribution in [2.45, 2.75) is 33.2 Å². The molecular formula is C14H23NO3. The average Bonchev–Trinajstić information content (AvgIpc) is 2.35. The molecule has 0 unspecified atom stereocenters. The lowest BCUT2D eigenvalue weighted by atomic mass is 10.2. The van der Waals surface area contributed by atoms with Crippen molar-refractivity contribution in [1.29, 1.82) is 0 Å². The van der Waals surface area contributed by atoms with Gasteiger partial charge in [-0.3, -0.25) is 0 Å². The van der Waals surface area contributed by atoms with Gasteiger partial charge in [0.15, 0.2) is 11.5 Å². The summed E-state index contributed by atoms with van der Waals surface area (Å²) in [5, 5.41) is 3.32. The molecule has 0 radical (unpaired) electrons. The van der Waals surface area contributed by atoms with Gasteiger partial charge in [0.05, 0.1) is 26.5 Å². The van der Waals surface area contributed by atoms with E-state index < -0.39 is 0 Å². The molecule has 102 valence electrons. The number of methoxy groups -OCH3 is 2. The molecule has 0 bridgehead atoms. The van der Waals surface area contributed by atoms with E-state index in [2.05, 4.69) is 26.1 Å². The van der Waals surface area contributed by atoms with E-state index in [1.54, 1.807) is 14.2 Å². The van der Waals surface area contributed by atoms with Crippen molar-refractivity contribution >= 4 is 5.69 Å². The fourth-order valence-electron chi connectivity index (χ4n) is 1.62. The third kappa shape index (κ3) is 3.72. The fraction of sp³-hybridized carbons (Fsp3) is 0.571. The van der Waals surface area contributed by atoms with Crippen molar-refractivity contribution < 1.29 is 14.2 Å². The minimum absolute atomic E-state index is 0.325. The predicted molar refractivity (Wildman–Crippen MR) is 74.1 cm³/mol. The number of hydrogen-bond acceptors (Lipinski definition) is 4. The van der Waals surface area contributed by atoms with Gasteiger partial charge in [0.1, 0.15) is 5.75 Å². The zero-order valence-corrected chi connectivity index (χ0v) is 11.9. The molecule has 0 saturated heterocycles. The van der Waals surface area contributed by atoms with E-state index in [1.165, 1.54) is 0 Å². The topological polar surface area (TPSA) is 39.7 Å². The van der Waals surface area contributed by atoms with Crippen molar-refractivity contribution in [2.75, 3.05) is 26.1 Å². The molecule has 18 heavy (non-hydrogen) atoms. The fourth-order valence-corrected chi connectivity index (χ4v) is 1.62. The van der Waals surface area contributed by atoms with Gasteiger partial charge in [-0.15, -0.1) is 0 Å². The van der Waals surface area contributed by atoms with Gasteiger partial charge in [0.2, 0.25) is 0 Å². The molecule has 1 rings (SSSR count). The Bertz CT molecular complexity index is 378. The molecule has 0 spiro atoms. The van der Waals surface area contributed by atoms with E-state index in [9.17, 15) is 0 Å². The first-order valence-corrected chi connectivity index (χ1v) is 6.27. The molecule has 0 aliphatic carbocycles. The van der Waals surface area contributed by atoms with E-state index in [1.807, 2.05) is 12.1 Å². The van der Waals surface area contributed by atoms with Gasteiger partial charge in [0.25, 0.3) is 0 Å². The van der Waals surface area contributed by atoms with Gasteiger partial charge in [-0.25, -0.2) is 0 Å². The Labute approximate surface area is 109 Å². The van der Waals surface area contributed by atoms with Crippen LogP contribution in [-0.4, -0.2) is 26.9 Å². The first-order chi connectivity index (χ1) is 8.62. The Morgan fingerprint density at radius 2 is 1.72 bits per heavy atom. The molecule has 0 atom stereocenters. The SMILES string of the molecule is CCCOc1cc(OC)c(NC(C)C)cc1OC. The number of hydrogen-bond donors (Lipinski definition) is 1. The minimum atomic E-state index is 0.325. The lowest BCUT2D eigenvalue weighted by molar-refractivity contribution is 0.292. The van der Waals surface area contributed by atoms with E-state index in [4.69, 9.17) is 14.2 Å². The third-order valence-corrected chi connectivity index (χ3v) is 2.39. The second-order valence-electron chi connectivity index (χ2n) is 4.35. The average molecular weight is 253 g/mol. The maximum Gasteiger partial charge on any atom is 0.164 e. The molecule has 0 aliphatic rings. The Morgan fingerprint density at radius 3 is 2.22 bits per heavy atom. The molecule has 0 saturated carbocycles. The highest BCUT2D eigenvalue weighted by Crippen LogP contribution is 2.38. The van der Waals surface area contributed by atoms with Gasteiger partial charge in [0, 0.05) is 18.2 Å². The Balaban J connectivity index is 3.06. The van der Waals surface area contributed by atoms with Crippen molar-refractivity contribution in [3.8, 4) is 17.2 Å². The van der Waals surface area contributed by atoms with Gasteiger partial charge in [-0.05, 0) is 20.3 Å². The molecule has 0 fully saturated rings. The molecule has 4 heteroatoms. The summed E-state index contributed by atoms with van der Waals surface area (Å²) in [6, 6.07) is 4.09. The molecule has 0 heterocycles. The Morgan fingerprint density at radius 1 is 1.06 bits per heavy atom. The molecule has 1 aromatic rings. The zero-order valence-electron chi connectivity index (χ0n) is 11.9. The van der Waals surface area contributed by atoms with Crippen molar-refractivity contribution in [3.05, 3.63) is 12.1 Å². The summed E-state index contributed by atoms with van der Waals surface area (Å²) in [6.45, 7) is 6.88. The lowest BCUT2D eigenvalue weighted by Gasteiger charge is -2.18. The Hall–Kier alpha value is -1.58. The second kappa shape index (κ2) is 6.99. The quantitative estimate of drug-likeness (QED) is 0.809. The van der Waals surface area contributed by atoms with Gasteiger partial charge < -0.3 is 19.5 Å². The number of nitrogens with one attached hydrogen (secondary N) is 1. The molecule has 4 nitrogen and oxygen atoms in total. The van der Waals surface area contributed by atoms with Crippen molar-refractivity contribution in [1.82, 2.24) is 0 Å². The minimum Gasteiger partial charge on any atom is -0.494 e. The van der Waals surface area contributed by atoms with Crippen LogP contribution in [0.3, 0.4) is 0 Å². The van der Waals surface area contributed by atoms with E-state index in [-0.39, 0.29) is 0 Å². The predicted octanol–water partition coefficient (Wildman–Crippen LogP) is 3.31. The van der Waals surface area contributed by atoms with Gasteiger partial charge >= 0.3 is 0 Å². The van der Waals surface area contributed by atoms with Crippen LogP contribution >= 0.6 is 0 Å². The number of ether oxygens (including phenoxy) is 3. The highest BCUT2D eigenvalue weighted by molar-refractivity contribution is 5.64. The van der Waals surface area contributed by atoms with Crippen LogP contribution in [0.15, 0.2) is 12.1 Å². The van der Waals surface area contributed by atoms with E-state index in [0.29, 0.717) is 24.1 Å². The first kappa shape index (κ1) is 14.5. The summed E-state index contributed by atoms with van der Waals surface area (Å²) in [6.07, 6.45) is 0.956. The van der Waals surface area contributed by atoms with Crippen LogP contribution in [0.5, 0.6) is 17.2 Å². The summed E-state index contributed by atoms with van der Waals surface area (Å²) in [4.78, 5) is 0. The third-order valence-electron chi connectivity index (χ3n) is 2.39. The standard InChI is InChI=1S/C14H23NO3/c1-6-7-18-14-9-12(16-4)11(15-10(2)3)8-13(14)17-5/h8-10,15H,6-7H2,1-5H3. The largest absolute Gasteiger partial charge is 0.494 e. The highest BCUT2D eigenvalue weighted by atomic mass is 16.5. The van der Waals surface area contributed by atoms with E-state index in [0.717, 1.165) is 17.9 Å². The van der Waals surface area contributed by atoms with Gasteiger partial charge in [-0.2, -0.15) is 0 Å². The van der Waals surface area contributed by atoms with E-state index >= 15 is 0 Å². The van der Waals surface area contributed by atoms with Crippen LogP contribution in [-0.2, 0) is 0 Å². The molecular weight excluding hydrogens is 230 g/mol. The number of rotatable bonds is 7. The lowest BCUT2D eigenvalue weighted by Crippen LogP contribution is -2.11. The Kier molecular flexibility index (Phi) is 5.62. The highest BCUT2D eigenvalue weighted by Gasteiger charge is 2.12. The summed E-state index contributed by atoms with van der Waals surface area (Å²) in [5.41, 5.74) is 0.910. The monoisotopic (exact) mass is 253 g/mol. The molecule has 0 aliphatic heterocycles. The summed E-state index contributed by atoms with van der Waals surface area (Å²) >= 11 is 0. The normalized spacial score (nSPS) is 10.3. The van der Waals surface area contributed by atoms with Crippen LogP contribution in [0, 0.1) is 0 Å². The molecule has 1 N–H and O–H groups in total. The maximum absolute atomic E-state index is 5.65. The van der Waals surface area contributed by atoms with Crippen LogP contribution in [0.4, 0.5) is 5.69 Å². The van der Waals surface area contributed by atoms with Crippen LogP contribution < -0.4 is 19.5 Å². The molecule has 1 aromatic carbocycles. The van der Waals surface area contributed by atoms with Gasteiger partial charge in [-0.1, -0.05) is 6.92 Å². The second-order valence-corrected chi connectivity index (χ2v) is 4.35. The van der Waals surface area contributed by atoms with Crippen molar-refractivity contribution in [3.63, 3.8) is 0 Å².